The van der Waals surface area contributed by atoms with Crippen molar-refractivity contribution in [3.8, 4) is 22.9 Å². The topological polar surface area (TPSA) is 78.6 Å². The molecule has 1 amide bonds. The van der Waals surface area contributed by atoms with Crippen LogP contribution < -0.4 is 9.80 Å². The van der Waals surface area contributed by atoms with E-state index < -0.39 is 24.8 Å². The van der Waals surface area contributed by atoms with E-state index in [1.165, 1.54) is 4.90 Å². The molecule has 1 atom stereocenters. The number of alkyl halides is 2. The zero-order valence-corrected chi connectivity index (χ0v) is 22.9. The number of hydrogen-bond acceptors (Lipinski definition) is 7. The monoisotopic (exact) mass is 586 g/mol. The fourth-order valence-corrected chi connectivity index (χ4v) is 6.32. The van der Waals surface area contributed by atoms with Crippen LogP contribution in [-0.4, -0.2) is 71.7 Å². The summed E-state index contributed by atoms with van der Waals surface area (Å²) < 4.78 is 36.9. The molecule has 8 bridgehead atoms. The van der Waals surface area contributed by atoms with Gasteiger partial charge in [0.15, 0.2) is 0 Å². The lowest BCUT2D eigenvalue weighted by molar-refractivity contribution is -0.140. The maximum Gasteiger partial charge on any atom is 0.266 e. The molecule has 11 heteroatoms. The third-order valence-electron chi connectivity index (χ3n) is 8.00. The molecule has 0 saturated carbocycles. The minimum absolute atomic E-state index is 0.122. The second-order valence-corrected chi connectivity index (χ2v) is 12.0. The number of carbonyl (C=O) groups excluding carboxylic acids is 1. The molecule has 0 spiro atoms. The van der Waals surface area contributed by atoms with E-state index in [0.717, 1.165) is 41.7 Å². The Morgan fingerprint density at radius 2 is 1.82 bits per heavy atom. The number of aromatic nitrogens is 3. The minimum Gasteiger partial charge on any atom is -0.416 e. The van der Waals surface area contributed by atoms with Crippen LogP contribution in [0.4, 0.5) is 20.3 Å². The van der Waals surface area contributed by atoms with Crippen molar-refractivity contribution in [2.75, 3.05) is 49.6 Å². The molecule has 4 aliphatic rings. The van der Waals surface area contributed by atoms with Gasteiger partial charge < -0.3 is 19.1 Å². The summed E-state index contributed by atoms with van der Waals surface area (Å²) in [5, 5.41) is 8.61. The molecule has 1 aromatic carbocycles. The molecule has 200 valence electrons. The van der Waals surface area contributed by atoms with Crippen LogP contribution in [0.2, 0.25) is 0 Å². The number of hydrogen-bond donors (Lipinski definition) is 0. The van der Waals surface area contributed by atoms with Crippen molar-refractivity contribution in [1.82, 2.24) is 20.1 Å². The van der Waals surface area contributed by atoms with E-state index in [4.69, 9.17) is 4.42 Å². The van der Waals surface area contributed by atoms with Crippen LogP contribution in [0.1, 0.15) is 26.2 Å². The van der Waals surface area contributed by atoms with Crippen molar-refractivity contribution in [3.05, 3.63) is 41.0 Å². The Morgan fingerprint density at radius 1 is 1.05 bits per heavy atom. The fourth-order valence-electron chi connectivity index (χ4n) is 5.97. The standard InChI is InChI=1S/C27H29BrF2N6O2/c1-26-6-9-35(10-7-26)21-12-19(28)3-4-20(21)24-33-32-23(38-24)17-5-8-31-22(11-17)36-14-18(13-27(29,30)16-36)25(37)34(2)15-26/h3-5,8,11-12,18H,6-7,9-10,13-16H2,1-2H3. The molecule has 38 heavy (non-hydrogen) atoms. The smallest absolute Gasteiger partial charge is 0.266 e. The van der Waals surface area contributed by atoms with Gasteiger partial charge in [-0.2, -0.15) is 0 Å². The van der Waals surface area contributed by atoms with Gasteiger partial charge in [-0.05, 0) is 48.6 Å². The number of amides is 1. The number of halogens is 3. The number of rotatable bonds is 0. The van der Waals surface area contributed by atoms with Gasteiger partial charge in [0.2, 0.25) is 17.7 Å². The van der Waals surface area contributed by atoms with Crippen molar-refractivity contribution in [3.63, 3.8) is 0 Å². The van der Waals surface area contributed by atoms with E-state index in [2.05, 4.69) is 49.0 Å². The predicted octanol–water partition coefficient (Wildman–Crippen LogP) is 5.10. The van der Waals surface area contributed by atoms with Gasteiger partial charge in [0.25, 0.3) is 5.92 Å². The van der Waals surface area contributed by atoms with Crippen LogP contribution in [-0.2, 0) is 4.79 Å². The lowest BCUT2D eigenvalue weighted by Crippen LogP contribution is -2.53. The van der Waals surface area contributed by atoms with Crippen LogP contribution in [0.5, 0.6) is 0 Å². The number of carbonyl (C=O) groups is 1. The molecule has 2 fully saturated rings. The highest BCUT2D eigenvalue weighted by Gasteiger charge is 2.45. The zero-order valence-electron chi connectivity index (χ0n) is 21.3. The third kappa shape index (κ3) is 4.76. The quantitative estimate of drug-likeness (QED) is 0.362. The van der Waals surface area contributed by atoms with Crippen LogP contribution in [0.15, 0.2) is 45.4 Å². The summed E-state index contributed by atoms with van der Waals surface area (Å²) in [6.45, 7) is 3.94. The molecule has 1 unspecified atom stereocenters. The highest BCUT2D eigenvalue weighted by atomic mass is 79.9. The summed E-state index contributed by atoms with van der Waals surface area (Å²) in [7, 11) is 1.74. The minimum atomic E-state index is -3.01. The summed E-state index contributed by atoms with van der Waals surface area (Å²) in [5.41, 5.74) is 2.29. The fraction of sp³-hybridized carbons (Fsp3) is 0.481. The van der Waals surface area contributed by atoms with Gasteiger partial charge in [-0.3, -0.25) is 4.79 Å². The molecule has 6 heterocycles. The van der Waals surface area contributed by atoms with Gasteiger partial charge in [-0.15, -0.1) is 10.2 Å². The first-order valence-corrected chi connectivity index (χ1v) is 13.6. The van der Waals surface area contributed by atoms with Crippen LogP contribution >= 0.6 is 15.9 Å². The van der Waals surface area contributed by atoms with E-state index >= 15 is 0 Å². The second-order valence-electron chi connectivity index (χ2n) is 11.1. The Balaban J connectivity index is 1.45. The zero-order chi connectivity index (χ0) is 26.7. The van der Waals surface area contributed by atoms with E-state index in [-0.39, 0.29) is 23.8 Å². The molecule has 2 saturated heterocycles. The number of pyridine rings is 1. The summed E-state index contributed by atoms with van der Waals surface area (Å²) >= 11 is 3.60. The second kappa shape index (κ2) is 9.29. The highest BCUT2D eigenvalue weighted by Crippen LogP contribution is 2.40. The molecule has 2 aromatic heterocycles. The van der Waals surface area contributed by atoms with Crippen molar-refractivity contribution in [2.24, 2.45) is 11.3 Å². The van der Waals surface area contributed by atoms with E-state index in [0.29, 0.717) is 23.8 Å². The predicted molar refractivity (Wildman–Crippen MR) is 143 cm³/mol. The van der Waals surface area contributed by atoms with Crippen molar-refractivity contribution in [2.45, 2.75) is 32.1 Å². The Labute approximate surface area is 228 Å². The number of piperidine rings is 2. The van der Waals surface area contributed by atoms with Crippen molar-refractivity contribution >= 4 is 33.3 Å². The molecular weight excluding hydrogens is 558 g/mol. The molecule has 4 aliphatic heterocycles. The van der Waals surface area contributed by atoms with E-state index in [1.54, 1.807) is 30.3 Å². The van der Waals surface area contributed by atoms with Crippen molar-refractivity contribution < 1.29 is 18.0 Å². The Bertz CT molecular complexity index is 1370. The Morgan fingerprint density at radius 3 is 2.61 bits per heavy atom. The maximum atomic E-state index is 14.9. The summed E-state index contributed by atoms with van der Waals surface area (Å²) in [6.07, 6.45) is 2.79. The molecule has 0 N–H and O–H groups in total. The lowest BCUT2D eigenvalue weighted by Gasteiger charge is -2.44. The molecule has 8 nitrogen and oxygen atoms in total. The van der Waals surface area contributed by atoms with Gasteiger partial charge in [-0.25, -0.2) is 13.8 Å². The van der Waals surface area contributed by atoms with Crippen LogP contribution in [0, 0.1) is 11.3 Å². The lowest BCUT2D eigenvalue weighted by atomic mass is 9.79. The van der Waals surface area contributed by atoms with Crippen LogP contribution in [0.25, 0.3) is 22.9 Å². The maximum absolute atomic E-state index is 14.9. The van der Waals surface area contributed by atoms with Gasteiger partial charge >= 0.3 is 0 Å². The summed E-state index contributed by atoms with van der Waals surface area (Å²) in [6, 6.07) is 9.35. The Kier molecular flexibility index (Phi) is 6.16. The molecular formula is C27H29BrF2N6O2. The van der Waals surface area contributed by atoms with E-state index in [9.17, 15) is 13.6 Å². The average molecular weight is 587 g/mol. The summed E-state index contributed by atoms with van der Waals surface area (Å²) in [5.74, 6) is -3.05. The number of benzene rings is 1. The van der Waals surface area contributed by atoms with Gasteiger partial charge in [0.1, 0.15) is 5.82 Å². The molecule has 0 radical (unpaired) electrons. The first-order valence-electron chi connectivity index (χ1n) is 12.8. The first kappa shape index (κ1) is 25.2. The first-order chi connectivity index (χ1) is 18.1. The number of anilines is 2. The highest BCUT2D eigenvalue weighted by molar-refractivity contribution is 9.10. The largest absolute Gasteiger partial charge is 0.416 e. The SMILES string of the molecule is CN1CC2(C)CCN(CC2)c2cc(Br)ccc2-c2nnc(o2)-c2ccnc(c2)N2CC(CC(F)(F)C2)C1=O. The summed E-state index contributed by atoms with van der Waals surface area (Å²) in [4.78, 5) is 23.3. The average Bonchev–Trinajstić information content (AvgIpc) is 3.37. The molecule has 0 aliphatic carbocycles. The Hall–Kier alpha value is -3.08. The number of fused-ring (bicyclic) bond motifs is 4. The third-order valence-corrected chi connectivity index (χ3v) is 8.49. The van der Waals surface area contributed by atoms with Gasteiger partial charge in [0.05, 0.1) is 23.7 Å². The van der Waals surface area contributed by atoms with Crippen LogP contribution in [0.3, 0.4) is 0 Å². The van der Waals surface area contributed by atoms with E-state index in [1.807, 2.05) is 12.1 Å². The normalized spacial score (nSPS) is 25.1. The molecule has 3 aromatic rings. The van der Waals surface area contributed by atoms with Crippen molar-refractivity contribution in [1.29, 1.82) is 0 Å². The number of nitrogens with zero attached hydrogens (tertiary/aromatic N) is 6. The van der Waals surface area contributed by atoms with Gasteiger partial charge in [0, 0.05) is 55.9 Å². The molecule has 7 rings (SSSR count). The van der Waals surface area contributed by atoms with Gasteiger partial charge in [-0.1, -0.05) is 22.9 Å².